The van der Waals surface area contributed by atoms with Gasteiger partial charge in [-0.15, -0.1) is 0 Å². The average molecular weight is 267 g/mol. The summed E-state index contributed by atoms with van der Waals surface area (Å²) in [7, 11) is 1.90. The summed E-state index contributed by atoms with van der Waals surface area (Å²) in [4.78, 5) is 1.95. The minimum absolute atomic E-state index is 0.468. The van der Waals surface area contributed by atoms with Crippen LogP contribution >= 0.6 is 0 Å². The van der Waals surface area contributed by atoms with E-state index in [4.69, 9.17) is 11.0 Å². The third kappa shape index (κ3) is 3.28. The van der Waals surface area contributed by atoms with E-state index in [-0.39, 0.29) is 0 Å². The lowest BCUT2D eigenvalue weighted by molar-refractivity contribution is 0.185. The van der Waals surface area contributed by atoms with Gasteiger partial charge in [-0.1, -0.05) is 12.1 Å². The number of nitrogen functional groups attached to an aromatic ring is 1. The Kier molecular flexibility index (Phi) is 4.24. The van der Waals surface area contributed by atoms with Crippen LogP contribution < -0.4 is 10.6 Å². The van der Waals surface area contributed by atoms with Crippen LogP contribution in [0.25, 0.3) is 0 Å². The SMILES string of the molecule is CN(CC(O)c1ccc(N)cc1)c1ccc(C#N)cc1. The Morgan fingerprint density at radius 1 is 1.15 bits per heavy atom. The highest BCUT2D eigenvalue weighted by molar-refractivity contribution is 5.49. The molecule has 0 heterocycles. The fraction of sp³-hybridized carbons (Fsp3) is 0.188. The van der Waals surface area contributed by atoms with Crippen LogP contribution in [0.15, 0.2) is 48.5 Å². The van der Waals surface area contributed by atoms with Crippen LogP contribution in [0.1, 0.15) is 17.2 Å². The number of aliphatic hydroxyl groups excluding tert-OH is 1. The molecule has 0 fully saturated rings. The lowest BCUT2D eigenvalue weighted by Gasteiger charge is -2.23. The topological polar surface area (TPSA) is 73.3 Å². The minimum atomic E-state index is -0.587. The smallest absolute Gasteiger partial charge is 0.0991 e. The minimum Gasteiger partial charge on any atom is -0.399 e. The first kappa shape index (κ1) is 13.9. The number of aliphatic hydroxyl groups is 1. The third-order valence-corrected chi connectivity index (χ3v) is 3.21. The number of nitrogens with zero attached hydrogens (tertiary/aromatic N) is 2. The molecule has 0 radical (unpaired) electrons. The first-order valence-corrected chi connectivity index (χ1v) is 6.35. The largest absolute Gasteiger partial charge is 0.399 e. The number of likely N-dealkylation sites (N-methyl/N-ethyl adjacent to an activating group) is 1. The van der Waals surface area contributed by atoms with Crippen molar-refractivity contribution in [2.24, 2.45) is 0 Å². The summed E-state index contributed by atoms with van der Waals surface area (Å²) in [6.07, 6.45) is -0.587. The second kappa shape index (κ2) is 6.09. The number of rotatable bonds is 4. The summed E-state index contributed by atoms with van der Waals surface area (Å²) < 4.78 is 0. The molecule has 0 amide bonds. The molecule has 0 aromatic heterocycles. The molecule has 4 heteroatoms. The molecule has 0 aliphatic carbocycles. The van der Waals surface area contributed by atoms with E-state index in [2.05, 4.69) is 6.07 Å². The van der Waals surface area contributed by atoms with Crippen LogP contribution in [0.4, 0.5) is 11.4 Å². The Morgan fingerprint density at radius 2 is 1.75 bits per heavy atom. The average Bonchev–Trinajstić information content (AvgIpc) is 2.48. The van der Waals surface area contributed by atoms with Crippen molar-refractivity contribution in [3.63, 3.8) is 0 Å². The Labute approximate surface area is 118 Å². The standard InChI is InChI=1S/C16H17N3O/c1-19(15-8-2-12(10-17)3-9-15)11-16(20)13-4-6-14(18)7-5-13/h2-9,16,20H,11,18H2,1H3. The van der Waals surface area contributed by atoms with Gasteiger partial charge >= 0.3 is 0 Å². The fourth-order valence-corrected chi connectivity index (χ4v) is 1.98. The number of nitrogens with two attached hydrogens (primary N) is 1. The number of hydrogen-bond donors (Lipinski definition) is 2. The van der Waals surface area contributed by atoms with Crippen LogP contribution in [0.3, 0.4) is 0 Å². The van der Waals surface area contributed by atoms with Gasteiger partial charge in [-0.2, -0.15) is 5.26 Å². The molecule has 3 N–H and O–H groups in total. The molecule has 0 spiro atoms. The highest BCUT2D eigenvalue weighted by Crippen LogP contribution is 2.19. The van der Waals surface area contributed by atoms with E-state index in [1.165, 1.54) is 0 Å². The van der Waals surface area contributed by atoms with Crippen molar-refractivity contribution in [2.45, 2.75) is 6.10 Å². The molecule has 0 aliphatic rings. The molecular formula is C16H17N3O. The molecule has 1 atom stereocenters. The highest BCUT2D eigenvalue weighted by Gasteiger charge is 2.11. The zero-order chi connectivity index (χ0) is 14.5. The van der Waals surface area contributed by atoms with Gasteiger partial charge in [0.15, 0.2) is 0 Å². The van der Waals surface area contributed by atoms with Crippen LogP contribution in [0.2, 0.25) is 0 Å². The number of hydrogen-bond acceptors (Lipinski definition) is 4. The molecular weight excluding hydrogens is 250 g/mol. The van der Waals surface area contributed by atoms with Gasteiger partial charge in [0.1, 0.15) is 0 Å². The van der Waals surface area contributed by atoms with E-state index in [9.17, 15) is 5.11 Å². The zero-order valence-corrected chi connectivity index (χ0v) is 11.3. The van der Waals surface area contributed by atoms with Crippen molar-refractivity contribution in [3.8, 4) is 6.07 Å². The molecule has 20 heavy (non-hydrogen) atoms. The second-order valence-corrected chi connectivity index (χ2v) is 4.72. The van der Waals surface area contributed by atoms with Crippen molar-refractivity contribution in [1.29, 1.82) is 5.26 Å². The van der Waals surface area contributed by atoms with Gasteiger partial charge in [0.2, 0.25) is 0 Å². The number of benzene rings is 2. The molecule has 102 valence electrons. The summed E-state index contributed by atoms with van der Waals surface area (Å²) in [5, 5.41) is 19.0. The highest BCUT2D eigenvalue weighted by atomic mass is 16.3. The molecule has 0 aliphatic heterocycles. The summed E-state index contributed by atoms with van der Waals surface area (Å²) in [6.45, 7) is 0.468. The first-order valence-electron chi connectivity index (χ1n) is 6.35. The molecule has 2 aromatic rings. The monoisotopic (exact) mass is 267 g/mol. The van der Waals surface area contributed by atoms with E-state index < -0.39 is 6.10 Å². The Bertz CT molecular complexity index is 599. The normalized spacial score (nSPS) is 11.7. The molecule has 0 saturated heterocycles. The lowest BCUT2D eigenvalue weighted by atomic mass is 10.1. The van der Waals surface area contributed by atoms with Crippen molar-refractivity contribution in [1.82, 2.24) is 0 Å². The van der Waals surface area contributed by atoms with E-state index in [0.29, 0.717) is 17.8 Å². The summed E-state index contributed by atoms with van der Waals surface area (Å²) >= 11 is 0. The predicted molar refractivity (Wildman–Crippen MR) is 80.2 cm³/mol. The lowest BCUT2D eigenvalue weighted by Crippen LogP contribution is -2.24. The molecule has 0 bridgehead atoms. The Balaban J connectivity index is 2.04. The van der Waals surface area contributed by atoms with Gasteiger partial charge in [0.25, 0.3) is 0 Å². The maximum Gasteiger partial charge on any atom is 0.0991 e. The van der Waals surface area contributed by atoms with Crippen LogP contribution in [-0.2, 0) is 0 Å². The Morgan fingerprint density at radius 3 is 2.30 bits per heavy atom. The van der Waals surface area contributed by atoms with Crippen LogP contribution in [-0.4, -0.2) is 18.7 Å². The van der Waals surface area contributed by atoms with Crippen molar-refractivity contribution < 1.29 is 5.11 Å². The molecule has 2 aromatic carbocycles. The van der Waals surface area contributed by atoms with Crippen molar-refractivity contribution in [2.75, 3.05) is 24.2 Å². The first-order chi connectivity index (χ1) is 9.60. The molecule has 1 unspecified atom stereocenters. The Hall–Kier alpha value is -2.51. The van der Waals surface area contributed by atoms with Gasteiger partial charge in [0.05, 0.1) is 17.7 Å². The molecule has 0 saturated carbocycles. The summed E-state index contributed by atoms with van der Waals surface area (Å²) in [6, 6.07) is 16.6. The summed E-state index contributed by atoms with van der Waals surface area (Å²) in [5.74, 6) is 0. The predicted octanol–water partition coefficient (Wildman–Crippen LogP) is 2.31. The van der Waals surface area contributed by atoms with Crippen LogP contribution in [0.5, 0.6) is 0 Å². The quantitative estimate of drug-likeness (QED) is 0.834. The van der Waals surface area contributed by atoms with E-state index >= 15 is 0 Å². The molecule has 4 nitrogen and oxygen atoms in total. The van der Waals surface area contributed by atoms with Crippen molar-refractivity contribution in [3.05, 3.63) is 59.7 Å². The third-order valence-electron chi connectivity index (χ3n) is 3.21. The van der Waals surface area contributed by atoms with Gasteiger partial charge in [-0.25, -0.2) is 0 Å². The van der Waals surface area contributed by atoms with E-state index in [1.807, 2.05) is 36.2 Å². The van der Waals surface area contributed by atoms with Gasteiger partial charge < -0.3 is 15.7 Å². The van der Waals surface area contributed by atoms with Crippen molar-refractivity contribution >= 4 is 11.4 Å². The maximum absolute atomic E-state index is 10.2. The zero-order valence-electron chi connectivity index (χ0n) is 11.3. The van der Waals surface area contributed by atoms with Crippen LogP contribution in [0, 0.1) is 11.3 Å². The maximum atomic E-state index is 10.2. The van der Waals surface area contributed by atoms with Gasteiger partial charge in [-0.05, 0) is 42.0 Å². The number of anilines is 2. The van der Waals surface area contributed by atoms with E-state index in [0.717, 1.165) is 11.3 Å². The second-order valence-electron chi connectivity index (χ2n) is 4.72. The molecule has 2 rings (SSSR count). The number of nitriles is 1. The fourth-order valence-electron chi connectivity index (χ4n) is 1.98. The van der Waals surface area contributed by atoms with E-state index in [1.54, 1.807) is 24.3 Å². The summed E-state index contributed by atoms with van der Waals surface area (Å²) in [5.41, 5.74) is 8.73. The van der Waals surface area contributed by atoms with Gasteiger partial charge in [-0.3, -0.25) is 0 Å². The van der Waals surface area contributed by atoms with Gasteiger partial charge in [0, 0.05) is 25.0 Å².